The Bertz CT molecular complexity index is 746. The smallest absolute Gasteiger partial charge is 0.135 e. The molecule has 3 aromatic rings. The number of aromatic nitrogens is 2. The number of nitrogens with zero attached hydrogens (tertiary/aromatic N) is 2. The van der Waals surface area contributed by atoms with Crippen molar-refractivity contribution < 1.29 is 9.50 Å². The summed E-state index contributed by atoms with van der Waals surface area (Å²) in [7, 11) is 0. The molecule has 0 amide bonds. The topological polar surface area (TPSA) is 58.0 Å². The predicted octanol–water partition coefficient (Wildman–Crippen LogP) is 3.66. The van der Waals surface area contributed by atoms with E-state index in [1.165, 1.54) is 17.4 Å². The highest BCUT2D eigenvalue weighted by Gasteiger charge is 2.09. The molecule has 6 heteroatoms. The number of nitrogens with one attached hydrogen (secondary N) is 1. The minimum Gasteiger partial charge on any atom is -0.507 e. The lowest BCUT2D eigenvalue weighted by Gasteiger charge is -2.10. The molecule has 3 rings (SSSR count). The Morgan fingerprint density at radius 2 is 2.14 bits per heavy atom. The van der Waals surface area contributed by atoms with Gasteiger partial charge in [-0.25, -0.2) is 14.4 Å². The lowest BCUT2D eigenvalue weighted by molar-refractivity contribution is 0.463. The van der Waals surface area contributed by atoms with E-state index in [1.807, 2.05) is 17.5 Å². The summed E-state index contributed by atoms with van der Waals surface area (Å²) in [4.78, 5) is 8.57. The third-order valence-corrected chi connectivity index (χ3v) is 3.60. The zero-order valence-electron chi connectivity index (χ0n) is 11.0. The largest absolute Gasteiger partial charge is 0.507 e. The predicted molar refractivity (Wildman–Crippen MR) is 80.7 cm³/mol. The molecule has 21 heavy (non-hydrogen) atoms. The van der Waals surface area contributed by atoms with E-state index in [4.69, 9.17) is 0 Å². The Labute approximate surface area is 124 Å². The normalized spacial score (nSPS) is 10.5. The molecule has 0 saturated heterocycles. The molecular weight excluding hydrogens is 289 g/mol. The van der Waals surface area contributed by atoms with Crippen molar-refractivity contribution >= 4 is 17.2 Å². The maximum Gasteiger partial charge on any atom is 0.135 e. The Hall–Kier alpha value is -2.47. The van der Waals surface area contributed by atoms with Crippen molar-refractivity contribution in [2.45, 2.75) is 6.54 Å². The molecule has 2 N–H and O–H groups in total. The second-order valence-electron chi connectivity index (χ2n) is 4.40. The van der Waals surface area contributed by atoms with Gasteiger partial charge in [-0.1, -0.05) is 6.07 Å². The minimum absolute atomic E-state index is 0.0753. The first-order valence-electron chi connectivity index (χ1n) is 6.29. The van der Waals surface area contributed by atoms with Crippen LogP contribution in [0.3, 0.4) is 0 Å². The number of rotatable bonds is 4. The van der Waals surface area contributed by atoms with Crippen LogP contribution in [-0.4, -0.2) is 15.1 Å². The molecule has 1 aromatic carbocycles. The van der Waals surface area contributed by atoms with Crippen molar-refractivity contribution in [2.24, 2.45) is 0 Å². The number of halogens is 1. The number of hydrogen-bond acceptors (Lipinski definition) is 5. The average molecular weight is 301 g/mol. The highest BCUT2D eigenvalue weighted by Crippen LogP contribution is 2.26. The lowest BCUT2D eigenvalue weighted by Crippen LogP contribution is -2.03. The summed E-state index contributed by atoms with van der Waals surface area (Å²) in [6.07, 6.45) is 1.68. The molecule has 0 aliphatic rings. The minimum atomic E-state index is -0.461. The van der Waals surface area contributed by atoms with Crippen molar-refractivity contribution in [1.82, 2.24) is 9.97 Å². The summed E-state index contributed by atoms with van der Waals surface area (Å²) in [5.74, 6) is 0.137. The molecule has 0 spiro atoms. The van der Waals surface area contributed by atoms with Gasteiger partial charge in [0.1, 0.15) is 17.4 Å². The summed E-state index contributed by atoms with van der Waals surface area (Å²) >= 11 is 1.51. The van der Waals surface area contributed by atoms with Crippen LogP contribution < -0.4 is 5.32 Å². The molecule has 0 fully saturated rings. The van der Waals surface area contributed by atoms with E-state index in [0.717, 1.165) is 17.3 Å². The molecule has 2 heterocycles. The number of benzene rings is 1. The molecule has 0 unspecified atom stereocenters. The molecule has 0 atom stereocenters. The second-order valence-corrected chi connectivity index (χ2v) is 5.12. The highest BCUT2D eigenvalue weighted by atomic mass is 32.1. The van der Waals surface area contributed by atoms with Crippen LogP contribution in [0, 0.1) is 5.82 Å². The fourth-order valence-electron chi connectivity index (χ4n) is 1.96. The van der Waals surface area contributed by atoms with Crippen molar-refractivity contribution in [3.05, 3.63) is 58.8 Å². The van der Waals surface area contributed by atoms with Crippen LogP contribution in [-0.2, 0) is 6.54 Å². The van der Waals surface area contributed by atoms with Crippen LogP contribution >= 0.6 is 11.3 Å². The van der Waals surface area contributed by atoms with E-state index in [2.05, 4.69) is 15.3 Å². The number of thiazole rings is 1. The van der Waals surface area contributed by atoms with Crippen molar-refractivity contribution in [3.8, 4) is 17.0 Å². The Morgan fingerprint density at radius 1 is 1.24 bits per heavy atom. The van der Waals surface area contributed by atoms with Gasteiger partial charge < -0.3 is 10.4 Å². The number of aromatic hydroxyl groups is 1. The van der Waals surface area contributed by atoms with Gasteiger partial charge in [0.05, 0.1) is 11.2 Å². The lowest BCUT2D eigenvalue weighted by atomic mass is 10.1. The standard InChI is InChI=1S/C15H12FN3OS/c16-11-4-3-10(14(20)6-11)7-18-15-12(2-1-5-17-15)13-8-21-9-19-13/h1-6,8-9,20H,7H2,(H,17,18). The van der Waals surface area contributed by atoms with Gasteiger partial charge in [-0.15, -0.1) is 11.3 Å². The van der Waals surface area contributed by atoms with Crippen LogP contribution in [0.1, 0.15) is 5.56 Å². The Kier molecular flexibility index (Phi) is 3.79. The number of anilines is 1. The fraction of sp³-hybridized carbons (Fsp3) is 0.0667. The van der Waals surface area contributed by atoms with Gasteiger partial charge >= 0.3 is 0 Å². The van der Waals surface area contributed by atoms with Gasteiger partial charge in [-0.05, 0) is 18.2 Å². The molecule has 0 saturated carbocycles. The molecule has 0 bridgehead atoms. The van der Waals surface area contributed by atoms with Gasteiger partial charge in [-0.3, -0.25) is 0 Å². The summed E-state index contributed by atoms with van der Waals surface area (Å²) < 4.78 is 13.0. The fourth-order valence-corrected chi connectivity index (χ4v) is 2.52. The SMILES string of the molecule is Oc1cc(F)ccc1CNc1ncccc1-c1cscn1. The monoisotopic (exact) mass is 301 g/mol. The molecule has 0 aliphatic heterocycles. The molecule has 0 aliphatic carbocycles. The van der Waals surface area contributed by atoms with Crippen molar-refractivity contribution in [3.63, 3.8) is 0 Å². The highest BCUT2D eigenvalue weighted by molar-refractivity contribution is 7.07. The molecule has 106 valence electrons. The number of hydrogen-bond donors (Lipinski definition) is 2. The Balaban J connectivity index is 1.83. The number of phenolic OH excluding ortho intramolecular Hbond substituents is 1. The second kappa shape index (κ2) is 5.88. The first kappa shape index (κ1) is 13.5. The molecule has 2 aromatic heterocycles. The number of phenols is 1. The van der Waals surface area contributed by atoms with E-state index < -0.39 is 5.82 Å². The first-order valence-corrected chi connectivity index (χ1v) is 7.23. The maximum atomic E-state index is 13.0. The molecule has 4 nitrogen and oxygen atoms in total. The van der Waals surface area contributed by atoms with Crippen LogP contribution in [0.15, 0.2) is 47.4 Å². The number of pyridine rings is 1. The summed E-state index contributed by atoms with van der Waals surface area (Å²) in [5, 5.41) is 14.8. The Morgan fingerprint density at radius 3 is 2.90 bits per heavy atom. The van der Waals surface area contributed by atoms with Gasteiger partial charge in [0.15, 0.2) is 0 Å². The summed E-state index contributed by atoms with van der Waals surface area (Å²) in [5.41, 5.74) is 4.10. The van der Waals surface area contributed by atoms with E-state index in [1.54, 1.807) is 17.8 Å². The average Bonchev–Trinajstić information content (AvgIpc) is 3.01. The van der Waals surface area contributed by atoms with E-state index in [-0.39, 0.29) is 5.75 Å². The zero-order valence-corrected chi connectivity index (χ0v) is 11.8. The van der Waals surface area contributed by atoms with Crippen LogP contribution in [0.2, 0.25) is 0 Å². The van der Waals surface area contributed by atoms with Crippen LogP contribution in [0.5, 0.6) is 5.75 Å². The maximum absolute atomic E-state index is 13.0. The van der Waals surface area contributed by atoms with Crippen molar-refractivity contribution in [1.29, 1.82) is 0 Å². The third-order valence-electron chi connectivity index (χ3n) is 3.01. The van der Waals surface area contributed by atoms with Gasteiger partial charge in [-0.2, -0.15) is 0 Å². The molecule has 0 radical (unpaired) electrons. The van der Waals surface area contributed by atoms with E-state index >= 15 is 0 Å². The molecular formula is C15H12FN3OS. The van der Waals surface area contributed by atoms with Gasteiger partial charge in [0, 0.05) is 35.3 Å². The first-order chi connectivity index (χ1) is 10.2. The summed E-state index contributed by atoms with van der Waals surface area (Å²) in [6, 6.07) is 7.72. The van der Waals surface area contributed by atoms with Crippen LogP contribution in [0.25, 0.3) is 11.3 Å². The zero-order chi connectivity index (χ0) is 14.7. The van der Waals surface area contributed by atoms with Gasteiger partial charge in [0.2, 0.25) is 0 Å². The van der Waals surface area contributed by atoms with E-state index in [9.17, 15) is 9.50 Å². The summed E-state index contributed by atoms with van der Waals surface area (Å²) in [6.45, 7) is 0.347. The van der Waals surface area contributed by atoms with E-state index in [0.29, 0.717) is 17.9 Å². The van der Waals surface area contributed by atoms with Gasteiger partial charge in [0.25, 0.3) is 0 Å². The van der Waals surface area contributed by atoms with Crippen molar-refractivity contribution in [2.75, 3.05) is 5.32 Å². The van der Waals surface area contributed by atoms with Crippen LogP contribution in [0.4, 0.5) is 10.2 Å². The third kappa shape index (κ3) is 3.00. The quantitative estimate of drug-likeness (QED) is 0.772.